The molecule has 1 saturated heterocycles. The van der Waals surface area contributed by atoms with Crippen molar-refractivity contribution in [2.75, 3.05) is 7.05 Å². The van der Waals surface area contributed by atoms with Crippen molar-refractivity contribution in [2.45, 2.75) is 18.4 Å². The molecule has 4 nitrogen and oxygen atoms in total. The first-order valence-electron chi connectivity index (χ1n) is 5.47. The van der Waals surface area contributed by atoms with Gasteiger partial charge in [0.2, 0.25) is 0 Å². The van der Waals surface area contributed by atoms with E-state index in [1.54, 1.807) is 7.05 Å². The van der Waals surface area contributed by atoms with Crippen LogP contribution in [0.25, 0.3) is 0 Å². The molecule has 1 aliphatic heterocycles. The SMILES string of the molecule is CN=C1NC(=O)C2(Cc3ccc(Cl)cc3C2)N1. The van der Waals surface area contributed by atoms with Crippen LogP contribution in [0.5, 0.6) is 0 Å². The summed E-state index contributed by atoms with van der Waals surface area (Å²) in [5.74, 6) is 0.541. The minimum absolute atomic E-state index is 0.00887. The number of guanidine groups is 1. The maximum absolute atomic E-state index is 12.0. The standard InChI is InChI=1S/C12H12ClN3O/c1-14-11-15-10(17)12(16-11)5-7-2-3-9(13)4-8(7)6-12/h2-4H,5-6H2,1H3,(H2,14,15,16,17). The topological polar surface area (TPSA) is 53.5 Å². The molecule has 3 rings (SSSR count). The first-order chi connectivity index (χ1) is 8.13. The molecule has 0 bridgehead atoms. The summed E-state index contributed by atoms with van der Waals surface area (Å²) in [7, 11) is 1.65. The summed E-state index contributed by atoms with van der Waals surface area (Å²) in [6.45, 7) is 0. The van der Waals surface area contributed by atoms with Crippen LogP contribution in [-0.2, 0) is 17.6 Å². The molecular formula is C12H12ClN3O. The minimum atomic E-state index is -0.568. The molecule has 5 heteroatoms. The molecule has 0 radical (unpaired) electrons. The first-order valence-corrected chi connectivity index (χ1v) is 5.84. The number of rotatable bonds is 0. The second kappa shape index (κ2) is 3.47. The van der Waals surface area contributed by atoms with E-state index in [1.807, 2.05) is 18.2 Å². The third kappa shape index (κ3) is 1.52. The van der Waals surface area contributed by atoms with Crippen molar-refractivity contribution in [1.29, 1.82) is 0 Å². The number of carbonyl (C=O) groups is 1. The Hall–Kier alpha value is -1.55. The van der Waals surface area contributed by atoms with Crippen LogP contribution in [0, 0.1) is 0 Å². The molecule has 1 fully saturated rings. The Morgan fingerprint density at radius 1 is 1.35 bits per heavy atom. The number of hydrogen-bond donors (Lipinski definition) is 2. The van der Waals surface area contributed by atoms with E-state index in [1.165, 1.54) is 5.56 Å². The number of benzene rings is 1. The van der Waals surface area contributed by atoms with Crippen molar-refractivity contribution >= 4 is 23.5 Å². The summed E-state index contributed by atoms with van der Waals surface area (Å²) in [5, 5.41) is 6.64. The smallest absolute Gasteiger partial charge is 0.253 e. The summed E-state index contributed by atoms with van der Waals surface area (Å²) < 4.78 is 0. The van der Waals surface area contributed by atoms with E-state index in [2.05, 4.69) is 15.6 Å². The fraction of sp³-hybridized carbons (Fsp3) is 0.333. The molecule has 0 aromatic heterocycles. The fourth-order valence-electron chi connectivity index (χ4n) is 2.55. The van der Waals surface area contributed by atoms with E-state index >= 15 is 0 Å². The second-order valence-corrected chi connectivity index (χ2v) is 4.94. The van der Waals surface area contributed by atoms with Crippen molar-refractivity contribution in [3.05, 3.63) is 34.3 Å². The number of halogens is 1. The van der Waals surface area contributed by atoms with E-state index in [0.717, 1.165) is 5.56 Å². The van der Waals surface area contributed by atoms with Crippen LogP contribution in [0.4, 0.5) is 0 Å². The zero-order valence-corrected chi connectivity index (χ0v) is 10.1. The lowest BCUT2D eigenvalue weighted by Gasteiger charge is -2.19. The van der Waals surface area contributed by atoms with E-state index in [-0.39, 0.29) is 5.91 Å². The van der Waals surface area contributed by atoms with E-state index in [4.69, 9.17) is 11.6 Å². The van der Waals surface area contributed by atoms with Gasteiger partial charge in [0.1, 0.15) is 5.54 Å². The van der Waals surface area contributed by atoms with Gasteiger partial charge in [-0.25, -0.2) is 0 Å². The molecule has 17 heavy (non-hydrogen) atoms. The van der Waals surface area contributed by atoms with Gasteiger partial charge >= 0.3 is 0 Å². The van der Waals surface area contributed by atoms with Crippen LogP contribution in [0.2, 0.25) is 5.02 Å². The van der Waals surface area contributed by atoms with Gasteiger partial charge in [-0.05, 0) is 23.3 Å². The highest BCUT2D eigenvalue weighted by molar-refractivity contribution is 6.30. The zero-order chi connectivity index (χ0) is 12.0. The molecule has 1 aromatic rings. The minimum Gasteiger partial charge on any atom is -0.341 e. The lowest BCUT2D eigenvalue weighted by molar-refractivity contribution is -0.123. The van der Waals surface area contributed by atoms with Crippen molar-refractivity contribution < 1.29 is 4.79 Å². The van der Waals surface area contributed by atoms with Gasteiger partial charge in [-0.15, -0.1) is 0 Å². The maximum atomic E-state index is 12.0. The Kier molecular flexibility index (Phi) is 2.16. The molecule has 1 aliphatic carbocycles. The Bertz CT molecular complexity index is 541. The predicted octanol–water partition coefficient (Wildman–Crippen LogP) is 0.883. The fourth-order valence-corrected chi connectivity index (χ4v) is 2.74. The normalized spacial score (nSPS) is 28.4. The molecule has 1 unspecified atom stereocenters. The van der Waals surface area contributed by atoms with Gasteiger partial charge in [0.25, 0.3) is 5.91 Å². The Morgan fingerprint density at radius 2 is 2.12 bits per heavy atom. The lowest BCUT2D eigenvalue weighted by atomic mass is 9.96. The van der Waals surface area contributed by atoms with E-state index in [9.17, 15) is 4.79 Å². The van der Waals surface area contributed by atoms with Gasteiger partial charge in [0.15, 0.2) is 5.96 Å². The summed E-state index contributed by atoms with van der Waals surface area (Å²) in [6.07, 6.45) is 1.35. The molecule has 88 valence electrons. The number of fused-ring (bicyclic) bond motifs is 1. The van der Waals surface area contributed by atoms with Gasteiger partial charge in [0, 0.05) is 24.9 Å². The van der Waals surface area contributed by atoms with E-state index in [0.29, 0.717) is 23.8 Å². The highest BCUT2D eigenvalue weighted by Gasteiger charge is 2.48. The second-order valence-electron chi connectivity index (χ2n) is 4.50. The van der Waals surface area contributed by atoms with Crippen molar-refractivity contribution in [3.8, 4) is 0 Å². The average molecular weight is 250 g/mol. The van der Waals surface area contributed by atoms with Crippen molar-refractivity contribution in [2.24, 2.45) is 4.99 Å². The highest BCUT2D eigenvalue weighted by Crippen LogP contribution is 2.33. The van der Waals surface area contributed by atoms with Crippen molar-refractivity contribution in [3.63, 3.8) is 0 Å². The van der Waals surface area contributed by atoms with Crippen LogP contribution in [0.1, 0.15) is 11.1 Å². The molecular weight excluding hydrogens is 238 g/mol. The molecule has 0 saturated carbocycles. The first kappa shape index (κ1) is 10.6. The van der Waals surface area contributed by atoms with Crippen LogP contribution >= 0.6 is 11.6 Å². The molecule has 1 heterocycles. The number of amides is 1. The molecule has 1 atom stereocenters. The number of nitrogens with zero attached hydrogens (tertiary/aromatic N) is 1. The van der Waals surface area contributed by atoms with Crippen LogP contribution in [-0.4, -0.2) is 24.5 Å². The Morgan fingerprint density at radius 3 is 2.82 bits per heavy atom. The van der Waals surface area contributed by atoms with Gasteiger partial charge in [-0.2, -0.15) is 0 Å². The molecule has 2 N–H and O–H groups in total. The quantitative estimate of drug-likeness (QED) is 0.717. The van der Waals surface area contributed by atoms with Gasteiger partial charge in [0.05, 0.1) is 0 Å². The summed E-state index contributed by atoms with van der Waals surface area (Å²) in [5.41, 5.74) is 1.74. The molecule has 1 aromatic carbocycles. The van der Waals surface area contributed by atoms with Crippen molar-refractivity contribution in [1.82, 2.24) is 10.6 Å². The maximum Gasteiger partial charge on any atom is 0.253 e. The van der Waals surface area contributed by atoms with Crippen LogP contribution in [0.3, 0.4) is 0 Å². The lowest BCUT2D eigenvalue weighted by Crippen LogP contribution is -2.47. The zero-order valence-electron chi connectivity index (χ0n) is 9.38. The molecule has 1 amide bonds. The summed E-state index contributed by atoms with van der Waals surface area (Å²) in [4.78, 5) is 16.0. The van der Waals surface area contributed by atoms with Gasteiger partial charge in [-0.1, -0.05) is 17.7 Å². The van der Waals surface area contributed by atoms with Crippen LogP contribution in [0.15, 0.2) is 23.2 Å². The summed E-state index contributed by atoms with van der Waals surface area (Å²) >= 11 is 5.97. The number of carbonyl (C=O) groups excluding carboxylic acids is 1. The third-order valence-corrected chi connectivity index (χ3v) is 3.64. The molecule has 1 spiro atoms. The Labute approximate surface area is 104 Å². The monoisotopic (exact) mass is 249 g/mol. The average Bonchev–Trinajstić information content (AvgIpc) is 2.80. The number of aliphatic imine (C=N–C) groups is 1. The Balaban J connectivity index is 1.98. The van der Waals surface area contributed by atoms with Gasteiger partial charge in [-0.3, -0.25) is 15.1 Å². The van der Waals surface area contributed by atoms with Crippen LogP contribution < -0.4 is 10.6 Å². The summed E-state index contributed by atoms with van der Waals surface area (Å²) in [6, 6.07) is 5.78. The molecule has 2 aliphatic rings. The predicted molar refractivity (Wildman–Crippen MR) is 66.2 cm³/mol. The third-order valence-electron chi connectivity index (χ3n) is 3.40. The highest BCUT2D eigenvalue weighted by atomic mass is 35.5. The number of hydrogen-bond acceptors (Lipinski definition) is 2. The number of nitrogens with one attached hydrogen (secondary N) is 2. The van der Waals surface area contributed by atoms with Gasteiger partial charge < -0.3 is 5.32 Å². The largest absolute Gasteiger partial charge is 0.341 e. The van der Waals surface area contributed by atoms with E-state index < -0.39 is 5.54 Å².